The van der Waals surface area contributed by atoms with Crippen LogP contribution in [0.1, 0.15) is 5.56 Å². The Morgan fingerprint density at radius 3 is 2.20 bits per heavy atom. The fraction of sp³-hybridized carbons (Fsp3) is 0.143. The standard InChI is InChI=1S/C7H9NO2/c9-8(10)6-7-4-2-1-3-5-7/h1-5,9-10H,6H2/p+1. The molecule has 0 spiro atoms. The Hall–Kier alpha value is -0.900. The van der Waals surface area contributed by atoms with E-state index < -0.39 is 5.23 Å². The van der Waals surface area contributed by atoms with E-state index in [-0.39, 0.29) is 6.54 Å². The number of benzene rings is 1. The van der Waals surface area contributed by atoms with Gasteiger partial charge in [-0.1, -0.05) is 35.6 Å². The van der Waals surface area contributed by atoms with Gasteiger partial charge in [-0.15, -0.1) is 0 Å². The van der Waals surface area contributed by atoms with Crippen LogP contribution in [0.15, 0.2) is 30.3 Å². The second kappa shape index (κ2) is 3.31. The summed E-state index contributed by atoms with van der Waals surface area (Å²) in [6, 6.07) is 9.29. The minimum atomic E-state index is -0.536. The predicted octanol–water partition coefficient (Wildman–Crippen LogP) is -0.150. The molecule has 0 saturated heterocycles. The Morgan fingerprint density at radius 2 is 1.70 bits per heavy atom. The maximum Gasteiger partial charge on any atom is 0.165 e. The molecule has 0 atom stereocenters. The van der Waals surface area contributed by atoms with E-state index in [4.69, 9.17) is 10.4 Å². The van der Waals surface area contributed by atoms with E-state index >= 15 is 0 Å². The lowest BCUT2D eigenvalue weighted by Gasteiger charge is -1.99. The van der Waals surface area contributed by atoms with Crippen LogP contribution in [0.2, 0.25) is 0 Å². The molecule has 1 aromatic carbocycles. The number of hydrogen-bond acceptors (Lipinski definition) is 2. The van der Waals surface area contributed by atoms with Crippen LogP contribution >= 0.6 is 0 Å². The van der Waals surface area contributed by atoms with Crippen LogP contribution in [0, 0.1) is 0 Å². The first kappa shape index (κ1) is 7.21. The summed E-state index contributed by atoms with van der Waals surface area (Å²) in [6.07, 6.45) is 0. The number of rotatable bonds is 2. The quantitative estimate of drug-likeness (QED) is 0.500. The largest absolute Gasteiger partial charge is 0.184 e. The molecule has 0 aliphatic rings. The molecule has 3 nitrogen and oxygen atoms in total. The molecule has 54 valence electrons. The van der Waals surface area contributed by atoms with Gasteiger partial charge in [0.25, 0.3) is 0 Å². The molecule has 1 rings (SSSR count). The number of quaternary nitrogens is 1. The highest BCUT2D eigenvalue weighted by molar-refractivity contribution is 5.12. The van der Waals surface area contributed by atoms with Crippen molar-refractivity contribution in [3.05, 3.63) is 35.9 Å². The van der Waals surface area contributed by atoms with Crippen LogP contribution < -0.4 is 5.23 Å². The molecule has 0 amide bonds. The summed E-state index contributed by atoms with van der Waals surface area (Å²) in [4.78, 5) is 0. The van der Waals surface area contributed by atoms with Crippen molar-refractivity contribution >= 4 is 0 Å². The van der Waals surface area contributed by atoms with Crippen LogP contribution in [0.5, 0.6) is 0 Å². The van der Waals surface area contributed by atoms with Crippen LogP contribution in [0.25, 0.3) is 0 Å². The average molecular weight is 140 g/mol. The Balaban J connectivity index is 2.59. The molecule has 3 N–H and O–H groups in total. The molecule has 0 bridgehead atoms. The van der Waals surface area contributed by atoms with Gasteiger partial charge in [-0.2, -0.15) is 10.4 Å². The minimum absolute atomic E-state index is 0.223. The summed E-state index contributed by atoms with van der Waals surface area (Å²) in [5.74, 6) is 0. The SMILES string of the molecule is O[NH+](O)Cc1ccccc1. The first-order chi connectivity index (χ1) is 4.79. The van der Waals surface area contributed by atoms with Gasteiger partial charge in [-0.05, 0) is 0 Å². The van der Waals surface area contributed by atoms with Crippen LogP contribution in [0.3, 0.4) is 0 Å². The van der Waals surface area contributed by atoms with Crippen LogP contribution in [-0.4, -0.2) is 10.4 Å². The van der Waals surface area contributed by atoms with Crippen molar-refractivity contribution in [1.29, 1.82) is 0 Å². The zero-order valence-corrected chi connectivity index (χ0v) is 5.49. The van der Waals surface area contributed by atoms with Gasteiger partial charge >= 0.3 is 0 Å². The number of hydroxylamine groups is 2. The second-order valence-corrected chi connectivity index (χ2v) is 2.08. The molecule has 0 heterocycles. The van der Waals surface area contributed by atoms with E-state index in [1.165, 1.54) is 0 Å². The van der Waals surface area contributed by atoms with Crippen LogP contribution in [0.4, 0.5) is 0 Å². The minimum Gasteiger partial charge on any atom is -0.184 e. The van der Waals surface area contributed by atoms with E-state index in [1.54, 1.807) is 0 Å². The molecular formula is C7H10NO2+. The van der Waals surface area contributed by atoms with Crippen molar-refractivity contribution in [3.8, 4) is 0 Å². The Morgan fingerprint density at radius 1 is 1.10 bits per heavy atom. The Labute approximate surface area is 59.1 Å². The zero-order valence-electron chi connectivity index (χ0n) is 5.49. The maximum atomic E-state index is 8.48. The lowest BCUT2D eigenvalue weighted by atomic mass is 10.2. The summed E-state index contributed by atoms with van der Waals surface area (Å²) in [7, 11) is 0. The Kier molecular flexibility index (Phi) is 2.39. The lowest BCUT2D eigenvalue weighted by Crippen LogP contribution is -3.05. The predicted molar refractivity (Wildman–Crippen MR) is 34.7 cm³/mol. The van der Waals surface area contributed by atoms with Gasteiger partial charge in [-0.25, -0.2) is 0 Å². The van der Waals surface area contributed by atoms with Gasteiger partial charge in [0.2, 0.25) is 0 Å². The van der Waals surface area contributed by atoms with Crippen molar-refractivity contribution in [2.45, 2.75) is 6.54 Å². The molecule has 0 aromatic heterocycles. The summed E-state index contributed by atoms with van der Waals surface area (Å²) in [6.45, 7) is 0.223. The fourth-order valence-electron chi connectivity index (χ4n) is 0.778. The first-order valence-electron chi connectivity index (χ1n) is 3.07. The smallest absolute Gasteiger partial charge is 0.165 e. The van der Waals surface area contributed by atoms with Gasteiger partial charge < -0.3 is 0 Å². The van der Waals surface area contributed by atoms with E-state index in [1.807, 2.05) is 30.3 Å². The summed E-state index contributed by atoms with van der Waals surface area (Å²) in [5.41, 5.74) is 0.905. The third-order valence-corrected chi connectivity index (χ3v) is 1.21. The topological polar surface area (TPSA) is 44.9 Å². The highest BCUT2D eigenvalue weighted by Gasteiger charge is 1.98. The Bertz CT molecular complexity index is 186. The molecule has 0 aliphatic heterocycles. The van der Waals surface area contributed by atoms with Gasteiger partial charge in [0.15, 0.2) is 6.54 Å². The van der Waals surface area contributed by atoms with Crippen molar-refractivity contribution in [1.82, 2.24) is 0 Å². The lowest BCUT2D eigenvalue weighted by molar-refractivity contribution is -1.25. The molecule has 10 heavy (non-hydrogen) atoms. The zero-order chi connectivity index (χ0) is 7.40. The summed E-state index contributed by atoms with van der Waals surface area (Å²) < 4.78 is 0. The third kappa shape index (κ3) is 2.14. The average Bonchev–Trinajstić information content (AvgIpc) is 1.88. The van der Waals surface area contributed by atoms with Gasteiger partial charge in [-0.3, -0.25) is 0 Å². The van der Waals surface area contributed by atoms with Gasteiger partial charge in [0.05, 0.1) is 0 Å². The monoisotopic (exact) mass is 140 g/mol. The summed E-state index contributed by atoms with van der Waals surface area (Å²) in [5, 5.41) is 16.4. The molecule has 0 aliphatic carbocycles. The highest BCUT2D eigenvalue weighted by Crippen LogP contribution is 1.94. The molecule has 0 saturated carbocycles. The van der Waals surface area contributed by atoms with Gasteiger partial charge in [0.1, 0.15) is 0 Å². The van der Waals surface area contributed by atoms with E-state index in [2.05, 4.69) is 0 Å². The van der Waals surface area contributed by atoms with Crippen molar-refractivity contribution in [3.63, 3.8) is 0 Å². The van der Waals surface area contributed by atoms with E-state index in [0.717, 1.165) is 5.56 Å². The van der Waals surface area contributed by atoms with Gasteiger partial charge in [0, 0.05) is 5.56 Å². The number of nitrogens with one attached hydrogen (secondary N) is 1. The summed E-state index contributed by atoms with van der Waals surface area (Å²) >= 11 is 0. The molecule has 1 aromatic rings. The third-order valence-electron chi connectivity index (χ3n) is 1.21. The fourth-order valence-corrected chi connectivity index (χ4v) is 0.778. The maximum absolute atomic E-state index is 8.48. The molecular weight excluding hydrogens is 130 g/mol. The molecule has 3 heteroatoms. The van der Waals surface area contributed by atoms with Crippen LogP contribution in [-0.2, 0) is 6.54 Å². The van der Waals surface area contributed by atoms with Crippen molar-refractivity contribution in [2.75, 3.05) is 0 Å². The normalized spacial score (nSPS) is 10.3. The second-order valence-electron chi connectivity index (χ2n) is 2.08. The molecule has 0 unspecified atom stereocenters. The highest BCUT2D eigenvalue weighted by atomic mass is 16.8. The molecule has 0 radical (unpaired) electrons. The first-order valence-corrected chi connectivity index (χ1v) is 3.07. The van der Waals surface area contributed by atoms with E-state index in [0.29, 0.717) is 0 Å². The van der Waals surface area contributed by atoms with Crippen molar-refractivity contribution < 1.29 is 15.6 Å². The van der Waals surface area contributed by atoms with E-state index in [9.17, 15) is 0 Å². The van der Waals surface area contributed by atoms with Crippen molar-refractivity contribution in [2.24, 2.45) is 0 Å². The molecule has 0 fully saturated rings. The number of hydrogen-bond donors (Lipinski definition) is 3.